The summed E-state index contributed by atoms with van der Waals surface area (Å²) in [7, 11) is 1.81. The second-order valence-corrected chi connectivity index (χ2v) is 7.86. The Labute approximate surface area is 204 Å². The zero-order chi connectivity index (χ0) is 21.2. The van der Waals surface area contributed by atoms with Crippen LogP contribution < -0.4 is 10.6 Å². The number of likely N-dealkylation sites (N-methyl/N-ethyl adjacent to an activating group) is 1. The molecule has 0 radical (unpaired) electrons. The zero-order valence-electron chi connectivity index (χ0n) is 19.1. The largest absolute Gasteiger partial charge is 0.468 e. The molecule has 172 valence electrons. The number of hydrogen-bond donors (Lipinski definition) is 2. The number of hydrogen-bond acceptors (Lipinski definition) is 4. The van der Waals surface area contributed by atoms with Crippen molar-refractivity contribution in [2.45, 2.75) is 45.8 Å². The lowest BCUT2D eigenvalue weighted by Crippen LogP contribution is -2.42. The minimum atomic E-state index is 0. The summed E-state index contributed by atoms with van der Waals surface area (Å²) in [6.07, 6.45) is 4.42. The summed E-state index contributed by atoms with van der Waals surface area (Å²) in [5.41, 5.74) is 2.65. The molecule has 1 fully saturated rings. The van der Waals surface area contributed by atoms with Crippen LogP contribution in [0.2, 0.25) is 0 Å². The van der Waals surface area contributed by atoms with Gasteiger partial charge in [-0.15, -0.1) is 24.0 Å². The number of halogens is 1. The lowest BCUT2D eigenvalue weighted by Gasteiger charge is -2.28. The molecule has 0 spiro atoms. The molecule has 1 atom stereocenters. The van der Waals surface area contributed by atoms with Crippen molar-refractivity contribution in [3.63, 3.8) is 0 Å². The zero-order valence-corrected chi connectivity index (χ0v) is 21.5. The van der Waals surface area contributed by atoms with Crippen molar-refractivity contribution in [3.8, 4) is 0 Å². The first-order valence-corrected chi connectivity index (χ1v) is 11.3. The molecule has 1 aliphatic heterocycles. The Kier molecular flexibility index (Phi) is 11.4. The molecule has 2 aromatic rings. The lowest BCUT2D eigenvalue weighted by molar-refractivity contribution is 0.193. The molecule has 2 heterocycles. The number of nitrogens with one attached hydrogen (secondary N) is 2. The van der Waals surface area contributed by atoms with Gasteiger partial charge in [0, 0.05) is 26.7 Å². The topological polar surface area (TPSA) is 56.0 Å². The van der Waals surface area contributed by atoms with Gasteiger partial charge in [-0.25, -0.2) is 0 Å². The third-order valence-electron chi connectivity index (χ3n) is 5.90. The molecule has 1 aromatic heterocycles. The molecule has 6 nitrogen and oxygen atoms in total. The van der Waals surface area contributed by atoms with E-state index in [0.717, 1.165) is 44.4 Å². The number of nitrogens with zero attached hydrogens (tertiary/aromatic N) is 3. The predicted octanol–water partition coefficient (Wildman–Crippen LogP) is 4.24. The molecule has 0 aliphatic carbocycles. The van der Waals surface area contributed by atoms with Crippen LogP contribution in [0.3, 0.4) is 0 Å². The highest BCUT2D eigenvalue weighted by atomic mass is 127. The van der Waals surface area contributed by atoms with E-state index in [1.807, 2.05) is 19.2 Å². The third-order valence-corrected chi connectivity index (χ3v) is 5.90. The molecule has 0 bridgehead atoms. The van der Waals surface area contributed by atoms with Gasteiger partial charge in [0.25, 0.3) is 0 Å². The Morgan fingerprint density at radius 3 is 2.32 bits per heavy atom. The smallest absolute Gasteiger partial charge is 0.191 e. The van der Waals surface area contributed by atoms with Crippen molar-refractivity contribution in [1.82, 2.24) is 20.4 Å². The quantitative estimate of drug-likeness (QED) is 0.269. The Morgan fingerprint density at radius 2 is 1.74 bits per heavy atom. The number of rotatable bonds is 10. The van der Waals surface area contributed by atoms with Gasteiger partial charge in [0.15, 0.2) is 5.96 Å². The van der Waals surface area contributed by atoms with Crippen LogP contribution in [0.25, 0.3) is 0 Å². The molecule has 1 aliphatic rings. The van der Waals surface area contributed by atoms with Gasteiger partial charge in [-0.2, -0.15) is 0 Å². The minimum absolute atomic E-state index is 0. The van der Waals surface area contributed by atoms with Gasteiger partial charge in [-0.05, 0) is 62.3 Å². The molecule has 1 saturated heterocycles. The average Bonchev–Trinajstić information content (AvgIpc) is 3.48. The van der Waals surface area contributed by atoms with Crippen LogP contribution in [-0.4, -0.2) is 55.5 Å². The molecule has 7 heteroatoms. The molecule has 2 N–H and O–H groups in total. The first-order valence-electron chi connectivity index (χ1n) is 11.3. The van der Waals surface area contributed by atoms with Crippen LogP contribution in [0.15, 0.2) is 52.1 Å². The van der Waals surface area contributed by atoms with Gasteiger partial charge < -0.3 is 15.1 Å². The summed E-state index contributed by atoms with van der Waals surface area (Å²) >= 11 is 0. The Morgan fingerprint density at radius 1 is 1.06 bits per heavy atom. The van der Waals surface area contributed by atoms with Crippen LogP contribution in [0, 0.1) is 0 Å². The average molecular weight is 540 g/mol. The summed E-state index contributed by atoms with van der Waals surface area (Å²) in [4.78, 5) is 9.31. The van der Waals surface area contributed by atoms with E-state index < -0.39 is 0 Å². The summed E-state index contributed by atoms with van der Waals surface area (Å²) in [5, 5.41) is 6.90. The van der Waals surface area contributed by atoms with E-state index in [9.17, 15) is 0 Å². The fourth-order valence-electron chi connectivity index (χ4n) is 4.12. The number of guanidine groups is 1. The number of benzene rings is 1. The maximum Gasteiger partial charge on any atom is 0.191 e. The molecule has 0 saturated carbocycles. The molecular formula is C24H38IN5O. The van der Waals surface area contributed by atoms with E-state index in [1.54, 1.807) is 6.26 Å². The lowest BCUT2D eigenvalue weighted by atomic mass is 10.1. The molecular weight excluding hydrogens is 501 g/mol. The van der Waals surface area contributed by atoms with E-state index in [4.69, 9.17) is 4.42 Å². The monoisotopic (exact) mass is 539 g/mol. The fourth-order valence-corrected chi connectivity index (χ4v) is 4.12. The first-order chi connectivity index (χ1) is 14.7. The summed E-state index contributed by atoms with van der Waals surface area (Å²) < 4.78 is 5.69. The van der Waals surface area contributed by atoms with Gasteiger partial charge in [0.1, 0.15) is 5.76 Å². The molecule has 1 aromatic carbocycles. The number of aliphatic imine (C=N–C) groups is 1. The highest BCUT2D eigenvalue weighted by Gasteiger charge is 2.20. The Hall–Kier alpha value is -1.58. The SMILES string of the molecule is CCN(CC)C(CNC(=NC)NCc1ccc(CN2CCCC2)cc1)c1ccco1.I. The molecule has 1 unspecified atom stereocenters. The predicted molar refractivity (Wildman–Crippen MR) is 139 cm³/mol. The van der Waals surface area contributed by atoms with Gasteiger partial charge in [-0.1, -0.05) is 38.1 Å². The molecule has 3 rings (SSSR count). The van der Waals surface area contributed by atoms with Gasteiger partial charge in [0.05, 0.1) is 12.3 Å². The molecule has 31 heavy (non-hydrogen) atoms. The maximum atomic E-state index is 5.69. The number of furan rings is 1. The van der Waals surface area contributed by atoms with Crippen LogP contribution in [0.4, 0.5) is 0 Å². The highest BCUT2D eigenvalue weighted by molar-refractivity contribution is 14.0. The second-order valence-electron chi connectivity index (χ2n) is 7.86. The van der Waals surface area contributed by atoms with Gasteiger partial charge in [0.2, 0.25) is 0 Å². The van der Waals surface area contributed by atoms with E-state index in [0.29, 0.717) is 0 Å². The van der Waals surface area contributed by atoms with Gasteiger partial charge >= 0.3 is 0 Å². The van der Waals surface area contributed by atoms with Crippen molar-refractivity contribution >= 4 is 29.9 Å². The van der Waals surface area contributed by atoms with Gasteiger partial charge in [-0.3, -0.25) is 14.8 Å². The highest BCUT2D eigenvalue weighted by Crippen LogP contribution is 2.20. The summed E-state index contributed by atoms with van der Waals surface area (Å²) in [6.45, 7) is 11.3. The van der Waals surface area contributed by atoms with Crippen LogP contribution in [0.1, 0.15) is 49.6 Å². The summed E-state index contributed by atoms with van der Waals surface area (Å²) in [6, 6.07) is 13.1. The van der Waals surface area contributed by atoms with Crippen LogP contribution >= 0.6 is 24.0 Å². The minimum Gasteiger partial charge on any atom is -0.468 e. The fraction of sp³-hybridized carbons (Fsp3) is 0.542. The Balaban J connectivity index is 0.00000341. The summed E-state index contributed by atoms with van der Waals surface area (Å²) in [5.74, 6) is 1.79. The number of likely N-dealkylation sites (tertiary alicyclic amines) is 1. The van der Waals surface area contributed by atoms with Crippen molar-refractivity contribution in [1.29, 1.82) is 0 Å². The van der Waals surface area contributed by atoms with Crippen molar-refractivity contribution in [2.24, 2.45) is 4.99 Å². The Bertz CT molecular complexity index is 753. The standard InChI is InChI=1S/C24H37N5O.HI/c1-4-29(5-2)22(23-9-8-16-30-23)18-27-24(25-3)26-17-20-10-12-21(13-11-20)19-28-14-6-7-15-28;/h8-13,16,22H,4-7,14-15,17-19H2,1-3H3,(H2,25,26,27);1H. The normalized spacial score (nSPS) is 15.7. The second kappa shape index (κ2) is 13.8. The van der Waals surface area contributed by atoms with Crippen molar-refractivity contribution in [3.05, 3.63) is 59.5 Å². The first kappa shape index (κ1) is 25.7. The maximum absolute atomic E-state index is 5.69. The van der Waals surface area contributed by atoms with E-state index in [-0.39, 0.29) is 30.0 Å². The van der Waals surface area contributed by atoms with E-state index in [1.165, 1.54) is 37.1 Å². The van der Waals surface area contributed by atoms with Crippen molar-refractivity contribution < 1.29 is 4.42 Å². The van der Waals surface area contributed by atoms with E-state index >= 15 is 0 Å². The molecule has 0 amide bonds. The van der Waals surface area contributed by atoms with Crippen LogP contribution in [0.5, 0.6) is 0 Å². The van der Waals surface area contributed by atoms with Crippen LogP contribution in [-0.2, 0) is 13.1 Å². The van der Waals surface area contributed by atoms with E-state index in [2.05, 4.69) is 63.5 Å². The third kappa shape index (κ3) is 7.80. The van der Waals surface area contributed by atoms with Crippen molar-refractivity contribution in [2.75, 3.05) is 39.8 Å².